The van der Waals surface area contributed by atoms with Crippen molar-refractivity contribution < 1.29 is 29.5 Å². The first kappa shape index (κ1) is 22.5. The first-order chi connectivity index (χ1) is 13.6. The van der Waals surface area contributed by atoms with E-state index < -0.39 is 35.2 Å². The number of benzene rings is 1. The maximum atomic E-state index is 12.6. The van der Waals surface area contributed by atoms with Crippen LogP contribution in [0.25, 0.3) is 6.08 Å². The summed E-state index contributed by atoms with van der Waals surface area (Å²) in [7, 11) is 0. The van der Waals surface area contributed by atoms with Crippen molar-refractivity contribution in [2.45, 2.75) is 18.9 Å². The van der Waals surface area contributed by atoms with Crippen LogP contribution in [0.2, 0.25) is 0 Å². The second-order valence-electron chi connectivity index (χ2n) is 5.72. The normalized spacial score (nSPS) is 16.9. The zero-order chi connectivity index (χ0) is 21.7. The molecule has 12 heteroatoms. The number of amides is 1. The monoisotopic (exact) mass is 456 g/mol. The summed E-state index contributed by atoms with van der Waals surface area (Å²) in [5.41, 5.74) is 0.470. The molecular formula is C17H13ClN2O7S2. The molecule has 29 heavy (non-hydrogen) atoms. The van der Waals surface area contributed by atoms with E-state index in [4.69, 9.17) is 28.9 Å². The maximum absolute atomic E-state index is 12.6. The van der Waals surface area contributed by atoms with Gasteiger partial charge in [-0.25, -0.2) is 4.79 Å². The molecule has 2 N–H and O–H groups in total. The third kappa shape index (κ3) is 5.86. The SMILES string of the molecule is O=C(O)CCC(C(=O)O)N1C(=O)/C(=C\C(Cl)=C\c2ccc([N+](=O)[O-])cc2)SC1=S. The van der Waals surface area contributed by atoms with Crippen LogP contribution in [0.15, 0.2) is 40.3 Å². The summed E-state index contributed by atoms with van der Waals surface area (Å²) in [6.07, 6.45) is 2.04. The predicted octanol–water partition coefficient (Wildman–Crippen LogP) is 3.24. The molecule has 1 aromatic rings. The lowest BCUT2D eigenvalue weighted by atomic mass is 10.1. The van der Waals surface area contributed by atoms with E-state index >= 15 is 0 Å². The summed E-state index contributed by atoms with van der Waals surface area (Å²) < 4.78 is -0.0150. The van der Waals surface area contributed by atoms with Gasteiger partial charge in [-0.2, -0.15) is 0 Å². The lowest BCUT2D eigenvalue weighted by Gasteiger charge is -2.22. The number of hydrogen-bond donors (Lipinski definition) is 2. The molecule has 152 valence electrons. The summed E-state index contributed by atoms with van der Waals surface area (Å²) >= 11 is 12.1. The molecule has 0 aliphatic carbocycles. The number of carboxylic acid groups (broad SMARTS) is 2. The van der Waals surface area contributed by atoms with E-state index in [0.717, 1.165) is 16.7 Å². The Balaban J connectivity index is 2.22. The highest BCUT2D eigenvalue weighted by atomic mass is 35.5. The largest absolute Gasteiger partial charge is 0.481 e. The number of allylic oxidation sites excluding steroid dienone is 2. The number of non-ortho nitro benzene ring substituents is 1. The molecule has 1 aliphatic heterocycles. The van der Waals surface area contributed by atoms with Crippen LogP contribution in [0.1, 0.15) is 18.4 Å². The highest BCUT2D eigenvalue weighted by molar-refractivity contribution is 8.26. The summed E-state index contributed by atoms with van der Waals surface area (Å²) in [6, 6.07) is 4.16. The molecule has 0 aromatic heterocycles. The molecule has 1 atom stereocenters. The van der Waals surface area contributed by atoms with E-state index in [1.165, 1.54) is 36.4 Å². The minimum absolute atomic E-state index is 0.0150. The minimum atomic E-state index is -1.40. The van der Waals surface area contributed by atoms with Crippen molar-refractivity contribution in [1.29, 1.82) is 0 Å². The molecule has 2 rings (SSSR count). The Kier molecular flexibility index (Phi) is 7.48. The molecule has 1 aliphatic rings. The average Bonchev–Trinajstić information content (AvgIpc) is 2.89. The van der Waals surface area contributed by atoms with Gasteiger partial charge in [-0.1, -0.05) is 35.6 Å². The first-order valence-electron chi connectivity index (χ1n) is 7.93. The van der Waals surface area contributed by atoms with E-state index in [-0.39, 0.29) is 26.4 Å². The van der Waals surface area contributed by atoms with Crippen LogP contribution in [-0.4, -0.2) is 48.2 Å². The Morgan fingerprint density at radius 2 is 1.93 bits per heavy atom. The summed E-state index contributed by atoms with van der Waals surface area (Å²) in [5, 5.41) is 28.9. The van der Waals surface area contributed by atoms with E-state index in [9.17, 15) is 29.6 Å². The predicted molar refractivity (Wildman–Crippen MR) is 110 cm³/mol. The van der Waals surface area contributed by atoms with Gasteiger partial charge in [0.15, 0.2) is 0 Å². The van der Waals surface area contributed by atoms with Gasteiger partial charge in [0, 0.05) is 23.6 Å². The van der Waals surface area contributed by atoms with Gasteiger partial charge in [0.05, 0.1) is 9.83 Å². The number of nitro benzene ring substituents is 1. The molecule has 0 saturated carbocycles. The number of carbonyl (C=O) groups excluding carboxylic acids is 1. The van der Waals surface area contributed by atoms with Gasteiger partial charge < -0.3 is 10.2 Å². The third-order valence-corrected chi connectivity index (χ3v) is 5.28. The van der Waals surface area contributed by atoms with Crippen LogP contribution in [0.4, 0.5) is 5.69 Å². The highest BCUT2D eigenvalue weighted by Crippen LogP contribution is 2.35. The number of carbonyl (C=O) groups is 3. The van der Waals surface area contributed by atoms with Gasteiger partial charge in [-0.05, 0) is 36.3 Å². The van der Waals surface area contributed by atoms with Gasteiger partial charge in [-0.3, -0.25) is 24.6 Å². The number of hydrogen-bond acceptors (Lipinski definition) is 7. The van der Waals surface area contributed by atoms with Crippen LogP contribution < -0.4 is 0 Å². The van der Waals surface area contributed by atoms with Gasteiger partial charge in [0.1, 0.15) is 10.4 Å². The molecule has 1 heterocycles. The summed E-state index contributed by atoms with van der Waals surface area (Å²) in [5.74, 6) is -3.24. The third-order valence-electron chi connectivity index (χ3n) is 3.73. The zero-order valence-electron chi connectivity index (χ0n) is 14.5. The average molecular weight is 457 g/mol. The van der Waals surface area contributed by atoms with Crippen LogP contribution in [0.3, 0.4) is 0 Å². The van der Waals surface area contributed by atoms with E-state index in [1.54, 1.807) is 0 Å². The Morgan fingerprint density at radius 1 is 1.31 bits per heavy atom. The number of nitro groups is 1. The molecule has 1 saturated heterocycles. The van der Waals surface area contributed by atoms with Gasteiger partial charge >= 0.3 is 11.9 Å². The fraction of sp³-hybridized carbons (Fsp3) is 0.176. The molecular weight excluding hydrogens is 444 g/mol. The van der Waals surface area contributed by atoms with Crippen molar-refractivity contribution >= 4 is 69.5 Å². The number of thiocarbonyl (C=S) groups is 1. The fourth-order valence-electron chi connectivity index (χ4n) is 2.39. The van der Waals surface area contributed by atoms with Crippen molar-refractivity contribution in [1.82, 2.24) is 4.90 Å². The number of halogens is 1. The van der Waals surface area contributed by atoms with E-state index in [2.05, 4.69) is 0 Å². The Hall–Kier alpha value is -2.76. The Labute approximate surface area is 178 Å². The lowest BCUT2D eigenvalue weighted by Crippen LogP contribution is -2.44. The quantitative estimate of drug-likeness (QED) is 0.261. The molecule has 0 radical (unpaired) electrons. The van der Waals surface area contributed by atoms with Gasteiger partial charge in [0.2, 0.25) is 0 Å². The van der Waals surface area contributed by atoms with Crippen molar-refractivity contribution in [3.05, 3.63) is 56.0 Å². The van der Waals surface area contributed by atoms with Crippen molar-refractivity contribution in [2.24, 2.45) is 0 Å². The molecule has 1 fully saturated rings. The highest BCUT2D eigenvalue weighted by Gasteiger charge is 2.40. The number of rotatable bonds is 8. The summed E-state index contributed by atoms with van der Waals surface area (Å²) in [6.45, 7) is 0. The standard InChI is InChI=1S/C17H13ClN2O7S2/c18-10(7-9-1-3-11(4-2-9)20(26)27)8-13-15(23)19(17(28)29-13)12(16(24)25)5-6-14(21)22/h1-4,7-8,12H,5-6H2,(H,21,22)(H,24,25)/b10-7-,13-8+. The number of aliphatic carboxylic acids is 2. The van der Waals surface area contributed by atoms with Crippen LogP contribution in [0, 0.1) is 10.1 Å². The zero-order valence-corrected chi connectivity index (χ0v) is 16.9. The smallest absolute Gasteiger partial charge is 0.326 e. The lowest BCUT2D eigenvalue weighted by molar-refractivity contribution is -0.384. The molecule has 1 aromatic carbocycles. The molecule has 0 bridgehead atoms. The fourth-order valence-corrected chi connectivity index (χ4v) is 4.04. The first-order valence-corrected chi connectivity index (χ1v) is 9.53. The summed E-state index contributed by atoms with van der Waals surface area (Å²) in [4.78, 5) is 45.9. The van der Waals surface area contributed by atoms with Crippen LogP contribution in [0.5, 0.6) is 0 Å². The second kappa shape index (κ2) is 9.63. The number of carboxylic acids is 2. The van der Waals surface area contributed by atoms with Crippen molar-refractivity contribution in [2.75, 3.05) is 0 Å². The number of thioether (sulfide) groups is 1. The topological polar surface area (TPSA) is 138 Å². The van der Waals surface area contributed by atoms with Gasteiger partial charge in [0.25, 0.3) is 11.6 Å². The van der Waals surface area contributed by atoms with Crippen LogP contribution in [-0.2, 0) is 14.4 Å². The molecule has 1 amide bonds. The van der Waals surface area contributed by atoms with Gasteiger partial charge in [-0.15, -0.1) is 0 Å². The van der Waals surface area contributed by atoms with E-state index in [1.807, 2.05) is 0 Å². The second-order valence-corrected chi connectivity index (χ2v) is 7.83. The van der Waals surface area contributed by atoms with Crippen molar-refractivity contribution in [3.63, 3.8) is 0 Å². The van der Waals surface area contributed by atoms with Crippen LogP contribution >= 0.6 is 35.6 Å². The number of nitrogens with zero attached hydrogens (tertiary/aromatic N) is 2. The maximum Gasteiger partial charge on any atom is 0.326 e. The molecule has 9 nitrogen and oxygen atoms in total. The molecule has 0 spiro atoms. The van der Waals surface area contributed by atoms with Crippen molar-refractivity contribution in [3.8, 4) is 0 Å². The Morgan fingerprint density at radius 3 is 2.45 bits per heavy atom. The minimum Gasteiger partial charge on any atom is -0.481 e. The Bertz CT molecular complexity index is 944. The van der Waals surface area contributed by atoms with E-state index in [0.29, 0.717) is 5.56 Å². The molecule has 1 unspecified atom stereocenters.